The zero-order chi connectivity index (χ0) is 5.70. The van der Waals surface area contributed by atoms with Crippen molar-refractivity contribution in [3.63, 3.8) is 0 Å². The largest absolute Gasteiger partial charge is 1.00 e. The maximum atomic E-state index is 9.93. The molecule has 0 aromatic heterocycles. The summed E-state index contributed by atoms with van der Waals surface area (Å²) in [4.78, 5) is 9.93. The van der Waals surface area contributed by atoms with Gasteiger partial charge in [0.05, 0.1) is 0 Å². The molecule has 0 aromatic rings. The average Bonchev–Trinajstić information content (AvgIpc) is 1.61. The zero-order valence-corrected chi connectivity index (χ0v) is 7.31. The normalized spacial score (nSPS) is 6.62. The molecular weight excluding hydrogens is 115 g/mol. The number of esters is 1. The summed E-state index contributed by atoms with van der Waals surface area (Å²) in [7, 11) is 0. The molecule has 0 aliphatic heterocycles. The summed E-state index contributed by atoms with van der Waals surface area (Å²) < 4.78 is 4.43. The minimum Gasteiger partial charge on any atom is -1.00 e. The van der Waals surface area contributed by atoms with Crippen LogP contribution in [-0.2, 0) is 9.53 Å². The summed E-state index contributed by atoms with van der Waals surface area (Å²) in [5.74, 6) is -0.264. The Labute approximate surface area is 72.7 Å². The van der Waals surface area contributed by atoms with Crippen LogP contribution in [0.2, 0.25) is 0 Å². The van der Waals surface area contributed by atoms with E-state index in [-0.39, 0.29) is 37.0 Å². The van der Waals surface area contributed by atoms with Crippen molar-refractivity contribution in [3.8, 4) is 0 Å². The van der Waals surface area contributed by atoms with Gasteiger partial charge in [-0.3, -0.25) is 4.79 Å². The number of hydrogen-bond donors (Lipinski definition) is 0. The molecule has 0 aliphatic carbocycles. The van der Waals surface area contributed by atoms with Crippen LogP contribution in [0, 0.1) is 0 Å². The van der Waals surface area contributed by atoms with Gasteiger partial charge in [0.1, 0.15) is 6.61 Å². The van der Waals surface area contributed by atoms with Crippen molar-refractivity contribution in [3.05, 3.63) is 12.7 Å². The summed E-state index contributed by atoms with van der Waals surface area (Å²) in [6.45, 7) is 5.03. The molecule has 0 heterocycles. The van der Waals surface area contributed by atoms with E-state index in [9.17, 15) is 4.79 Å². The van der Waals surface area contributed by atoms with Gasteiger partial charge in [-0.15, -0.1) is 0 Å². The van der Waals surface area contributed by atoms with Gasteiger partial charge >= 0.3 is 35.5 Å². The first-order valence-electron chi connectivity index (χ1n) is 2.01. The van der Waals surface area contributed by atoms with Crippen LogP contribution in [0.1, 0.15) is 8.35 Å². The molecule has 0 spiro atoms. The summed E-state index contributed by atoms with van der Waals surface area (Å²) >= 11 is 0. The number of carbonyl (C=O) groups is 1. The quantitative estimate of drug-likeness (QED) is 0.238. The Hall–Kier alpha value is 0.210. The SMILES string of the molecule is C=CCOC(C)=O.[H-].[Na+]. The van der Waals surface area contributed by atoms with Crippen molar-refractivity contribution in [2.45, 2.75) is 6.92 Å². The second kappa shape index (κ2) is 7.21. The van der Waals surface area contributed by atoms with Crippen LogP contribution in [-0.4, -0.2) is 12.6 Å². The maximum absolute atomic E-state index is 9.93. The van der Waals surface area contributed by atoms with E-state index in [1.54, 1.807) is 0 Å². The van der Waals surface area contributed by atoms with Crippen molar-refractivity contribution in [2.24, 2.45) is 0 Å². The maximum Gasteiger partial charge on any atom is 1.00 e. The predicted octanol–water partition coefficient (Wildman–Crippen LogP) is -2.15. The number of hydrogen-bond acceptors (Lipinski definition) is 2. The first-order chi connectivity index (χ1) is 3.27. The summed E-state index contributed by atoms with van der Waals surface area (Å²) in [6, 6.07) is 0. The van der Waals surface area contributed by atoms with Crippen LogP contribution in [0.15, 0.2) is 12.7 Å². The third-order valence-corrected chi connectivity index (χ3v) is 0.404. The fourth-order valence-electron chi connectivity index (χ4n) is 0.176. The third-order valence-electron chi connectivity index (χ3n) is 0.404. The van der Waals surface area contributed by atoms with Gasteiger partial charge in [0.25, 0.3) is 0 Å². The second-order valence-corrected chi connectivity index (χ2v) is 1.09. The Balaban J connectivity index is -0.000000180. The molecule has 2 nitrogen and oxygen atoms in total. The molecule has 0 radical (unpaired) electrons. The van der Waals surface area contributed by atoms with Crippen LogP contribution in [0.3, 0.4) is 0 Å². The van der Waals surface area contributed by atoms with E-state index in [1.807, 2.05) is 0 Å². The van der Waals surface area contributed by atoms with Gasteiger partial charge in [0, 0.05) is 6.92 Å². The first-order valence-corrected chi connectivity index (χ1v) is 2.01. The minimum atomic E-state index is -0.264. The minimum absolute atomic E-state index is 0. The van der Waals surface area contributed by atoms with Gasteiger partial charge < -0.3 is 6.16 Å². The smallest absolute Gasteiger partial charge is 1.00 e. The molecule has 0 N–H and O–H groups in total. The Morgan fingerprint density at radius 3 is 2.62 bits per heavy atom. The molecule has 0 saturated carbocycles. The van der Waals surface area contributed by atoms with Gasteiger partial charge in [0.15, 0.2) is 0 Å². The van der Waals surface area contributed by atoms with Crippen molar-refractivity contribution in [1.82, 2.24) is 0 Å². The second-order valence-electron chi connectivity index (χ2n) is 1.09. The Kier molecular flexibility index (Phi) is 9.97. The molecule has 0 amide bonds. The first kappa shape index (κ1) is 11.1. The summed E-state index contributed by atoms with van der Waals surface area (Å²) in [5.41, 5.74) is 0. The molecule has 0 atom stereocenters. The number of rotatable bonds is 2. The van der Waals surface area contributed by atoms with Gasteiger partial charge in [-0.05, 0) is 0 Å². The van der Waals surface area contributed by atoms with Gasteiger partial charge in [-0.25, -0.2) is 0 Å². The van der Waals surface area contributed by atoms with E-state index in [1.165, 1.54) is 13.0 Å². The molecule has 42 valence electrons. The Bertz CT molecular complexity index is 85.0. The molecule has 0 bridgehead atoms. The molecule has 0 rings (SSSR count). The van der Waals surface area contributed by atoms with Crippen LogP contribution >= 0.6 is 0 Å². The topological polar surface area (TPSA) is 26.3 Å². The average molecular weight is 124 g/mol. The van der Waals surface area contributed by atoms with E-state index in [4.69, 9.17) is 0 Å². The number of ether oxygens (including phenoxy) is 1. The molecule has 0 aromatic carbocycles. The summed E-state index contributed by atoms with van der Waals surface area (Å²) in [5, 5.41) is 0. The monoisotopic (exact) mass is 124 g/mol. The van der Waals surface area contributed by atoms with Crippen LogP contribution in [0.5, 0.6) is 0 Å². The fraction of sp³-hybridized carbons (Fsp3) is 0.400. The molecular formula is C5H9NaO2. The van der Waals surface area contributed by atoms with E-state index < -0.39 is 0 Å². The van der Waals surface area contributed by atoms with Gasteiger partial charge in [0.2, 0.25) is 0 Å². The van der Waals surface area contributed by atoms with Crippen LogP contribution in [0.4, 0.5) is 0 Å². The van der Waals surface area contributed by atoms with Crippen molar-refractivity contribution < 1.29 is 40.5 Å². The molecule has 3 heteroatoms. The molecule has 8 heavy (non-hydrogen) atoms. The van der Waals surface area contributed by atoms with Crippen molar-refractivity contribution in [2.75, 3.05) is 6.61 Å². The van der Waals surface area contributed by atoms with Crippen molar-refractivity contribution in [1.29, 1.82) is 0 Å². The van der Waals surface area contributed by atoms with E-state index >= 15 is 0 Å². The fourth-order valence-corrected chi connectivity index (χ4v) is 0.176. The van der Waals surface area contributed by atoms with E-state index in [0.29, 0.717) is 6.61 Å². The van der Waals surface area contributed by atoms with Crippen LogP contribution in [0.25, 0.3) is 0 Å². The Morgan fingerprint density at radius 2 is 2.50 bits per heavy atom. The van der Waals surface area contributed by atoms with Crippen molar-refractivity contribution >= 4 is 5.97 Å². The Morgan fingerprint density at radius 1 is 2.00 bits per heavy atom. The number of carbonyl (C=O) groups excluding carboxylic acids is 1. The van der Waals surface area contributed by atoms with Gasteiger partial charge in [-0.2, -0.15) is 0 Å². The van der Waals surface area contributed by atoms with E-state index in [0.717, 1.165) is 0 Å². The molecule has 0 fully saturated rings. The standard InChI is InChI=1S/C5H8O2.Na.H/c1-3-4-7-5(2)6;;/h3H,1,4H2,2H3;;/q;+1;-1. The van der Waals surface area contributed by atoms with Gasteiger partial charge in [-0.1, -0.05) is 12.7 Å². The molecule has 0 aliphatic rings. The third kappa shape index (κ3) is 9.51. The summed E-state index contributed by atoms with van der Waals surface area (Å²) in [6.07, 6.45) is 1.53. The predicted molar refractivity (Wildman–Crippen MR) is 27.9 cm³/mol. The van der Waals surface area contributed by atoms with E-state index in [2.05, 4.69) is 11.3 Å². The molecule has 0 saturated heterocycles. The zero-order valence-electron chi connectivity index (χ0n) is 6.31. The molecule has 0 unspecified atom stereocenters. The van der Waals surface area contributed by atoms with Crippen LogP contribution < -0.4 is 29.6 Å².